The van der Waals surface area contributed by atoms with Gasteiger partial charge in [0.2, 0.25) is 17.6 Å². The third-order valence-corrected chi connectivity index (χ3v) is 8.52. The zero-order valence-electron chi connectivity index (χ0n) is 23.2. The summed E-state index contributed by atoms with van der Waals surface area (Å²) < 4.78 is 0. The van der Waals surface area contributed by atoms with E-state index in [2.05, 4.69) is 17.2 Å². The lowest BCUT2D eigenvalue weighted by Gasteiger charge is -2.53. The number of aliphatic hydroxyl groups is 3. The minimum Gasteiger partial charge on any atom is -0.507 e. The number of nitrogens with one attached hydrogen (secondary N) is 1. The van der Waals surface area contributed by atoms with Crippen molar-refractivity contribution >= 4 is 34.8 Å². The number of carbonyl (C=O) groups is 4. The van der Waals surface area contributed by atoms with Gasteiger partial charge >= 0.3 is 0 Å². The summed E-state index contributed by atoms with van der Waals surface area (Å²) in [7, 11) is 3.19. The summed E-state index contributed by atoms with van der Waals surface area (Å²) in [4.78, 5) is 52.3. The molecule has 42 heavy (non-hydrogen) atoms. The number of phenolic OH excluding ortho intramolecular Hbond substituents is 1. The van der Waals surface area contributed by atoms with Gasteiger partial charge in [0.05, 0.1) is 11.7 Å². The van der Waals surface area contributed by atoms with Gasteiger partial charge < -0.3 is 36.4 Å². The quantitative estimate of drug-likeness (QED) is 0.224. The predicted molar refractivity (Wildman–Crippen MR) is 151 cm³/mol. The average Bonchev–Trinajstić information content (AvgIpc) is 2.90. The number of aliphatic hydroxyl groups excluding tert-OH is 2. The standard InChI is InChI=1S/C31H31N3O8/c1-14(35)33-18-9-5-15(6-10-18)4-7-16-8-11-21(36)23-19(16)12-17-13-20-25(34(2)3)27(38)24(30(32)41)29(40)31(20,42)28(39)22(17)26(23)37/h5-6,8-11,17,20,24-25,27,36-38,42H,12-13H2,1-3H3,(H2,32,41)(H,33,35)/t17-,20-,24?,25-,27?,31-/m1/s1. The number of primary amides is 1. The van der Waals surface area contributed by atoms with Crippen LogP contribution in [-0.2, 0) is 25.6 Å². The van der Waals surface area contributed by atoms with Crippen molar-refractivity contribution in [1.29, 1.82) is 0 Å². The molecule has 2 unspecified atom stereocenters. The predicted octanol–water partition coefficient (Wildman–Crippen LogP) is 0.487. The molecule has 2 fully saturated rings. The molecule has 5 rings (SSSR count). The van der Waals surface area contributed by atoms with E-state index in [4.69, 9.17) is 5.73 Å². The van der Waals surface area contributed by atoms with E-state index in [0.717, 1.165) is 0 Å². The number of nitrogens with two attached hydrogens (primary N) is 1. The Bertz CT molecular complexity index is 1620. The first-order valence-corrected chi connectivity index (χ1v) is 13.4. The molecule has 6 atom stereocenters. The van der Waals surface area contributed by atoms with E-state index >= 15 is 0 Å². The molecular weight excluding hydrogens is 542 g/mol. The fraction of sp³-hybridized carbons (Fsp3) is 0.355. The fourth-order valence-corrected chi connectivity index (χ4v) is 6.70. The van der Waals surface area contributed by atoms with E-state index in [0.29, 0.717) is 22.4 Å². The number of fused-ring (bicyclic) bond motifs is 3. The van der Waals surface area contributed by atoms with Crippen molar-refractivity contribution in [1.82, 2.24) is 4.90 Å². The van der Waals surface area contributed by atoms with E-state index in [9.17, 15) is 39.6 Å². The topological polar surface area (TPSA) is 190 Å². The van der Waals surface area contributed by atoms with E-state index in [1.54, 1.807) is 49.3 Å². The molecular formula is C31H31N3O8. The van der Waals surface area contributed by atoms with Crippen molar-refractivity contribution in [3.05, 3.63) is 64.2 Å². The molecule has 2 amide bonds. The normalized spacial score (nSPS) is 28.3. The third kappa shape index (κ3) is 4.44. The monoisotopic (exact) mass is 573 g/mol. The number of anilines is 1. The first kappa shape index (κ1) is 29.0. The summed E-state index contributed by atoms with van der Waals surface area (Å²) in [5.41, 5.74) is 4.69. The van der Waals surface area contributed by atoms with Crippen molar-refractivity contribution < 1.29 is 39.6 Å². The molecule has 0 aromatic heterocycles. The lowest BCUT2D eigenvalue weighted by Crippen LogP contribution is -2.73. The maximum absolute atomic E-state index is 13.9. The highest BCUT2D eigenvalue weighted by atomic mass is 16.3. The molecule has 0 aliphatic heterocycles. The van der Waals surface area contributed by atoms with Crippen molar-refractivity contribution in [3.8, 4) is 17.6 Å². The van der Waals surface area contributed by atoms with Crippen LogP contribution in [-0.4, -0.2) is 80.5 Å². The number of benzene rings is 2. The first-order valence-electron chi connectivity index (χ1n) is 13.4. The second kappa shape index (κ2) is 10.4. The number of hydrogen-bond acceptors (Lipinski definition) is 9. The molecule has 11 heteroatoms. The molecule has 0 spiro atoms. The number of likely N-dealkylation sites (N-methyl/N-ethyl adjacent to an activating group) is 1. The third-order valence-electron chi connectivity index (χ3n) is 8.52. The van der Waals surface area contributed by atoms with Gasteiger partial charge in [0.25, 0.3) is 0 Å². The largest absolute Gasteiger partial charge is 0.507 e. The molecule has 0 bridgehead atoms. The van der Waals surface area contributed by atoms with Crippen LogP contribution in [0.25, 0.3) is 5.76 Å². The lowest BCUT2D eigenvalue weighted by molar-refractivity contribution is -0.184. The van der Waals surface area contributed by atoms with Gasteiger partial charge in [-0.3, -0.25) is 19.2 Å². The Balaban J connectivity index is 1.59. The zero-order valence-corrected chi connectivity index (χ0v) is 23.2. The summed E-state index contributed by atoms with van der Waals surface area (Å²) >= 11 is 0. The highest BCUT2D eigenvalue weighted by molar-refractivity contribution is 6.25. The molecule has 0 heterocycles. The Kier molecular flexibility index (Phi) is 7.18. The Morgan fingerprint density at radius 2 is 1.74 bits per heavy atom. The first-order chi connectivity index (χ1) is 19.8. The van der Waals surface area contributed by atoms with E-state index in [-0.39, 0.29) is 35.6 Å². The van der Waals surface area contributed by atoms with Crippen LogP contribution < -0.4 is 11.1 Å². The number of nitrogens with zero attached hydrogens (tertiary/aromatic N) is 1. The van der Waals surface area contributed by atoms with Crippen molar-refractivity contribution in [2.24, 2.45) is 23.5 Å². The van der Waals surface area contributed by atoms with Gasteiger partial charge in [-0.2, -0.15) is 0 Å². The summed E-state index contributed by atoms with van der Waals surface area (Å²) in [5, 5.41) is 47.4. The highest BCUT2D eigenvalue weighted by Gasteiger charge is 2.67. The molecule has 2 aromatic rings. The average molecular weight is 574 g/mol. The van der Waals surface area contributed by atoms with E-state index in [1.165, 1.54) is 13.0 Å². The number of aromatic hydroxyl groups is 1. The zero-order chi connectivity index (χ0) is 30.7. The van der Waals surface area contributed by atoms with Crippen LogP contribution in [0.1, 0.15) is 35.6 Å². The van der Waals surface area contributed by atoms with Crippen LogP contribution in [0.15, 0.2) is 42.0 Å². The van der Waals surface area contributed by atoms with Crippen LogP contribution in [0.2, 0.25) is 0 Å². The van der Waals surface area contributed by atoms with Crippen LogP contribution in [0.3, 0.4) is 0 Å². The van der Waals surface area contributed by atoms with Gasteiger partial charge in [-0.15, -0.1) is 0 Å². The maximum Gasteiger partial charge on any atom is 0.230 e. The molecule has 218 valence electrons. The highest BCUT2D eigenvalue weighted by Crippen LogP contribution is 2.52. The van der Waals surface area contributed by atoms with Gasteiger partial charge in [-0.1, -0.05) is 11.8 Å². The Labute approximate surface area is 241 Å². The number of Topliss-reactive ketones (excluding diaryl/α,β-unsaturated/α-hetero) is 2. The van der Waals surface area contributed by atoms with Crippen LogP contribution in [0.4, 0.5) is 5.69 Å². The number of phenols is 1. The number of carbonyl (C=O) groups excluding carboxylic acids is 4. The Morgan fingerprint density at radius 3 is 2.33 bits per heavy atom. The maximum atomic E-state index is 13.9. The van der Waals surface area contributed by atoms with Crippen LogP contribution in [0.5, 0.6) is 5.75 Å². The minimum absolute atomic E-state index is 0.0192. The molecule has 3 aliphatic carbocycles. The Morgan fingerprint density at radius 1 is 1.07 bits per heavy atom. The van der Waals surface area contributed by atoms with Gasteiger partial charge in [-0.25, -0.2) is 0 Å². The van der Waals surface area contributed by atoms with E-state index < -0.39 is 58.7 Å². The molecule has 0 radical (unpaired) electrons. The van der Waals surface area contributed by atoms with E-state index in [1.807, 2.05) is 0 Å². The second-order valence-corrected chi connectivity index (χ2v) is 11.3. The van der Waals surface area contributed by atoms with Crippen LogP contribution in [0, 0.1) is 29.6 Å². The lowest BCUT2D eigenvalue weighted by atomic mass is 9.54. The molecule has 11 nitrogen and oxygen atoms in total. The fourth-order valence-electron chi connectivity index (χ4n) is 6.70. The smallest absolute Gasteiger partial charge is 0.230 e. The number of ketones is 2. The van der Waals surface area contributed by atoms with Gasteiger partial charge in [-0.05, 0) is 74.8 Å². The van der Waals surface area contributed by atoms with Crippen molar-refractivity contribution in [3.63, 3.8) is 0 Å². The SMILES string of the molecule is CC(=O)Nc1ccc(C#Cc2ccc(O)c3c2C[C@@H]2C[C@@H]4[C@@H](N(C)C)C(O)C(C(N)=O)C(=O)[C@]4(O)C(=O)C2=C3O)cc1. The van der Waals surface area contributed by atoms with Crippen molar-refractivity contribution in [2.45, 2.75) is 37.5 Å². The van der Waals surface area contributed by atoms with Gasteiger partial charge in [0, 0.05) is 41.3 Å². The second-order valence-electron chi connectivity index (χ2n) is 11.3. The van der Waals surface area contributed by atoms with Crippen LogP contribution >= 0.6 is 0 Å². The number of hydrogen-bond donors (Lipinski definition) is 6. The molecule has 7 N–H and O–H groups in total. The summed E-state index contributed by atoms with van der Waals surface area (Å²) in [5.74, 6) is -2.04. The van der Waals surface area contributed by atoms with Crippen molar-refractivity contribution in [2.75, 3.05) is 19.4 Å². The summed E-state index contributed by atoms with van der Waals surface area (Å²) in [6.45, 7) is 1.41. The minimum atomic E-state index is -2.71. The number of amides is 2. The Hall–Kier alpha value is -4.50. The molecule has 0 saturated heterocycles. The summed E-state index contributed by atoms with van der Waals surface area (Å²) in [6.07, 6.45) is -1.39. The van der Waals surface area contributed by atoms with Gasteiger partial charge in [0.1, 0.15) is 17.4 Å². The van der Waals surface area contributed by atoms with Gasteiger partial charge in [0.15, 0.2) is 11.4 Å². The summed E-state index contributed by atoms with van der Waals surface area (Å²) in [6, 6.07) is 8.83. The molecule has 2 aromatic carbocycles. The molecule has 2 saturated carbocycles. The number of rotatable bonds is 3. The molecule has 3 aliphatic rings.